The molecule has 0 saturated carbocycles. The summed E-state index contributed by atoms with van der Waals surface area (Å²) in [5, 5.41) is 0. The number of esters is 2. The number of allylic oxidation sites excluding steroid dienone is 1. The van der Waals surface area contributed by atoms with Gasteiger partial charge in [0.1, 0.15) is 5.75 Å². The number of fused-ring (bicyclic) bond motifs is 1. The molecule has 0 N–H and O–H groups in total. The van der Waals surface area contributed by atoms with Crippen LogP contribution in [-0.2, 0) is 14.3 Å². The highest BCUT2D eigenvalue weighted by atomic mass is 79.9. The smallest absolute Gasteiger partial charge is 0.338 e. The Labute approximate surface area is 207 Å². The lowest BCUT2D eigenvalue weighted by molar-refractivity contribution is -0.139. The van der Waals surface area contributed by atoms with Gasteiger partial charge in [-0.05, 0) is 55.3 Å². The van der Waals surface area contributed by atoms with Crippen molar-refractivity contribution in [1.29, 1.82) is 0 Å². The number of carbonyl (C=O) groups is 2. The van der Waals surface area contributed by atoms with Crippen LogP contribution >= 0.6 is 27.3 Å². The van der Waals surface area contributed by atoms with Crippen LogP contribution in [0.15, 0.2) is 74.1 Å². The molecule has 1 atom stereocenters. The summed E-state index contributed by atoms with van der Waals surface area (Å²) in [5.74, 6) is -0.591. The molecule has 1 aliphatic rings. The number of rotatable bonds is 5. The van der Waals surface area contributed by atoms with Crippen molar-refractivity contribution >= 4 is 45.3 Å². The molecule has 0 spiro atoms. The first-order valence-electron chi connectivity index (χ1n) is 10.5. The van der Waals surface area contributed by atoms with Gasteiger partial charge < -0.3 is 9.47 Å². The molecule has 0 aliphatic carbocycles. The Bertz CT molecular complexity index is 1480. The third kappa shape index (κ3) is 4.80. The molecule has 1 aliphatic heterocycles. The second-order valence-corrected chi connectivity index (χ2v) is 9.44. The second kappa shape index (κ2) is 9.90. The minimum absolute atomic E-state index is 0.195. The summed E-state index contributed by atoms with van der Waals surface area (Å²) < 4.78 is 13.3. The summed E-state index contributed by atoms with van der Waals surface area (Å²) in [6.07, 6.45) is 1.80. The molecule has 2 heterocycles. The number of hydrogen-bond acceptors (Lipinski definition) is 7. The summed E-state index contributed by atoms with van der Waals surface area (Å²) in [6.45, 7) is 4.98. The van der Waals surface area contributed by atoms with Gasteiger partial charge in [0.2, 0.25) is 0 Å². The molecule has 1 aromatic heterocycles. The predicted octanol–water partition coefficient (Wildman–Crippen LogP) is 3.49. The van der Waals surface area contributed by atoms with Crippen LogP contribution in [0.3, 0.4) is 0 Å². The summed E-state index contributed by atoms with van der Waals surface area (Å²) in [7, 11) is 0. The maximum Gasteiger partial charge on any atom is 0.338 e. The molecule has 0 radical (unpaired) electrons. The van der Waals surface area contributed by atoms with Gasteiger partial charge in [0.25, 0.3) is 5.56 Å². The van der Waals surface area contributed by atoms with Crippen LogP contribution in [0.1, 0.15) is 37.9 Å². The first kappa shape index (κ1) is 23.8. The van der Waals surface area contributed by atoms with E-state index in [0.717, 1.165) is 10.0 Å². The summed E-state index contributed by atoms with van der Waals surface area (Å²) in [4.78, 5) is 42.8. The molecule has 0 bridgehead atoms. The van der Waals surface area contributed by atoms with Crippen molar-refractivity contribution in [3.63, 3.8) is 0 Å². The van der Waals surface area contributed by atoms with Crippen LogP contribution in [0.5, 0.6) is 5.75 Å². The Morgan fingerprint density at radius 2 is 1.94 bits per heavy atom. The number of aromatic nitrogens is 1. The van der Waals surface area contributed by atoms with Crippen LogP contribution < -0.4 is 19.6 Å². The predicted molar refractivity (Wildman–Crippen MR) is 132 cm³/mol. The van der Waals surface area contributed by atoms with E-state index in [9.17, 15) is 14.4 Å². The fourth-order valence-corrected chi connectivity index (χ4v) is 5.20. The largest absolute Gasteiger partial charge is 0.463 e. The molecule has 0 fully saturated rings. The molecule has 34 heavy (non-hydrogen) atoms. The maximum atomic E-state index is 13.6. The van der Waals surface area contributed by atoms with Gasteiger partial charge in [-0.2, -0.15) is 0 Å². The fourth-order valence-electron chi connectivity index (χ4n) is 3.74. The van der Waals surface area contributed by atoms with Gasteiger partial charge in [-0.3, -0.25) is 14.2 Å². The number of hydrogen-bond donors (Lipinski definition) is 0. The van der Waals surface area contributed by atoms with Crippen molar-refractivity contribution in [2.24, 2.45) is 4.99 Å². The van der Waals surface area contributed by atoms with E-state index in [1.165, 1.54) is 22.8 Å². The van der Waals surface area contributed by atoms with E-state index in [2.05, 4.69) is 20.9 Å². The lowest BCUT2D eigenvalue weighted by atomic mass is 9.96. The summed E-state index contributed by atoms with van der Waals surface area (Å²) >= 11 is 4.71. The van der Waals surface area contributed by atoms with Gasteiger partial charge >= 0.3 is 11.9 Å². The SMILES string of the molecule is CCOC(=O)C1=C(C)N=c2s/c(=C\c3cccc(Br)c3)c(=O)n2[C@H]1c1ccc(OC(C)=O)cc1. The summed E-state index contributed by atoms with van der Waals surface area (Å²) in [6, 6.07) is 13.6. The number of ether oxygens (including phenoxy) is 2. The summed E-state index contributed by atoms with van der Waals surface area (Å²) in [5.41, 5.74) is 2.06. The van der Waals surface area contributed by atoms with Crippen LogP contribution in [0.2, 0.25) is 0 Å². The molecular weight excluding hydrogens is 520 g/mol. The minimum atomic E-state index is -0.730. The molecule has 0 amide bonds. The highest BCUT2D eigenvalue weighted by Crippen LogP contribution is 2.31. The van der Waals surface area contributed by atoms with Crippen molar-refractivity contribution in [3.8, 4) is 5.75 Å². The van der Waals surface area contributed by atoms with Gasteiger partial charge in [0.15, 0.2) is 4.80 Å². The van der Waals surface area contributed by atoms with Crippen molar-refractivity contribution < 1.29 is 19.1 Å². The van der Waals surface area contributed by atoms with Gasteiger partial charge in [-0.15, -0.1) is 0 Å². The average molecular weight is 541 g/mol. The number of benzene rings is 2. The highest BCUT2D eigenvalue weighted by molar-refractivity contribution is 9.10. The lowest BCUT2D eigenvalue weighted by Crippen LogP contribution is -2.39. The van der Waals surface area contributed by atoms with Crippen molar-refractivity contribution in [1.82, 2.24) is 4.57 Å². The molecular formula is C25H21BrN2O5S. The molecule has 0 unspecified atom stereocenters. The van der Waals surface area contributed by atoms with Crippen LogP contribution in [0.25, 0.3) is 6.08 Å². The standard InChI is InChI=1S/C25H21BrN2O5S/c1-4-32-24(31)21-14(2)27-25-28(22(21)17-8-10-19(11-9-17)33-15(3)29)23(30)20(34-25)13-16-6-5-7-18(26)12-16/h5-13,22H,4H2,1-3H3/b20-13-/t22-/m0/s1. The molecule has 4 rings (SSSR count). The van der Waals surface area contributed by atoms with E-state index in [1.807, 2.05) is 24.3 Å². The maximum absolute atomic E-state index is 13.6. The number of thiazole rings is 1. The molecule has 174 valence electrons. The van der Waals surface area contributed by atoms with Crippen LogP contribution in [0.4, 0.5) is 0 Å². The van der Waals surface area contributed by atoms with Crippen molar-refractivity contribution in [3.05, 3.63) is 95.1 Å². The van der Waals surface area contributed by atoms with E-state index < -0.39 is 18.0 Å². The van der Waals surface area contributed by atoms with E-state index in [-0.39, 0.29) is 12.2 Å². The van der Waals surface area contributed by atoms with Gasteiger partial charge in [-0.1, -0.05) is 51.5 Å². The lowest BCUT2D eigenvalue weighted by Gasteiger charge is -2.24. The third-order valence-electron chi connectivity index (χ3n) is 5.12. The quantitative estimate of drug-likeness (QED) is 0.365. The van der Waals surface area contributed by atoms with Gasteiger partial charge in [0.05, 0.1) is 28.5 Å². The van der Waals surface area contributed by atoms with E-state index >= 15 is 0 Å². The molecule has 7 nitrogen and oxygen atoms in total. The van der Waals surface area contributed by atoms with Crippen molar-refractivity contribution in [2.45, 2.75) is 26.8 Å². The first-order valence-corrected chi connectivity index (χ1v) is 12.1. The van der Waals surface area contributed by atoms with E-state index in [4.69, 9.17) is 9.47 Å². The molecule has 3 aromatic rings. The monoisotopic (exact) mass is 540 g/mol. The van der Waals surface area contributed by atoms with Crippen LogP contribution in [-0.4, -0.2) is 23.1 Å². The Kier molecular flexibility index (Phi) is 6.95. The Hall–Kier alpha value is -3.30. The third-order valence-corrected chi connectivity index (χ3v) is 6.60. The van der Waals surface area contributed by atoms with Crippen LogP contribution in [0, 0.1) is 0 Å². The van der Waals surface area contributed by atoms with Gasteiger partial charge in [-0.25, -0.2) is 9.79 Å². The zero-order valence-electron chi connectivity index (χ0n) is 18.7. The Morgan fingerprint density at radius 3 is 2.59 bits per heavy atom. The fraction of sp³-hybridized carbons (Fsp3) is 0.200. The molecule has 0 saturated heterocycles. The normalized spacial score (nSPS) is 15.5. The Morgan fingerprint density at radius 1 is 1.21 bits per heavy atom. The minimum Gasteiger partial charge on any atom is -0.463 e. The number of nitrogens with zero attached hydrogens (tertiary/aromatic N) is 2. The number of halogens is 1. The second-order valence-electron chi connectivity index (χ2n) is 7.52. The van der Waals surface area contributed by atoms with Gasteiger partial charge in [0, 0.05) is 11.4 Å². The zero-order valence-corrected chi connectivity index (χ0v) is 21.1. The van der Waals surface area contributed by atoms with Crippen molar-refractivity contribution in [2.75, 3.05) is 6.61 Å². The van der Waals surface area contributed by atoms with E-state index in [0.29, 0.717) is 31.9 Å². The molecule has 9 heteroatoms. The topological polar surface area (TPSA) is 87.0 Å². The van der Waals surface area contributed by atoms with E-state index in [1.54, 1.807) is 44.2 Å². The number of carbonyl (C=O) groups excluding carboxylic acids is 2. The highest BCUT2D eigenvalue weighted by Gasteiger charge is 2.33. The average Bonchev–Trinajstić information content (AvgIpc) is 3.07. The Balaban J connectivity index is 1.91. The first-order chi connectivity index (χ1) is 16.3. The zero-order chi connectivity index (χ0) is 24.4. The molecule has 2 aromatic carbocycles.